The summed E-state index contributed by atoms with van der Waals surface area (Å²) in [5, 5.41) is 0. The number of hydrogen-bond acceptors (Lipinski definition) is 2. The van der Waals surface area contributed by atoms with Crippen molar-refractivity contribution in [1.29, 1.82) is 0 Å². The molecular weight excluding hydrogens is 128 g/mol. The summed E-state index contributed by atoms with van der Waals surface area (Å²) in [7, 11) is 0. The Bertz CT molecular complexity index is 153. The molecule has 2 saturated heterocycles. The number of fused-ring (bicyclic) bond motifs is 1. The predicted octanol–water partition coefficient (Wildman–Crippen LogP) is 1.12. The lowest BCUT2D eigenvalue weighted by Gasteiger charge is -2.14. The van der Waals surface area contributed by atoms with Gasteiger partial charge in [0.2, 0.25) is 0 Å². The maximum absolute atomic E-state index is 5.42. The quantitative estimate of drug-likeness (QED) is 0.508. The smallest absolute Gasteiger partial charge is 0.126 e. The summed E-state index contributed by atoms with van der Waals surface area (Å²) in [6.07, 6.45) is 6.39. The Morgan fingerprint density at radius 1 is 1.20 bits per heavy atom. The highest BCUT2D eigenvalue weighted by Gasteiger charge is 2.48. The maximum atomic E-state index is 5.42. The van der Waals surface area contributed by atoms with Gasteiger partial charge in [-0.25, -0.2) is 0 Å². The van der Waals surface area contributed by atoms with Crippen LogP contribution in [0.4, 0.5) is 0 Å². The van der Waals surface area contributed by atoms with E-state index in [0.717, 1.165) is 12.5 Å². The van der Waals surface area contributed by atoms with Gasteiger partial charge in [-0.15, -0.1) is 0 Å². The first-order valence-corrected chi connectivity index (χ1v) is 4.07. The molecule has 0 amide bonds. The lowest BCUT2D eigenvalue weighted by Crippen LogP contribution is -2.14. The number of hydrogen-bond donors (Lipinski definition) is 0. The second kappa shape index (κ2) is 1.74. The Balaban J connectivity index is 1.65. The third kappa shape index (κ3) is 0.789. The van der Waals surface area contributed by atoms with Crippen molar-refractivity contribution in [3.63, 3.8) is 0 Å². The molecule has 3 rings (SSSR count). The minimum atomic E-state index is 0.607. The molecule has 3 fully saturated rings. The van der Waals surface area contributed by atoms with Gasteiger partial charge in [-0.3, -0.25) is 0 Å². The van der Waals surface area contributed by atoms with Gasteiger partial charge < -0.3 is 9.47 Å². The van der Waals surface area contributed by atoms with Crippen LogP contribution in [0, 0.1) is 12.0 Å². The van der Waals surface area contributed by atoms with Gasteiger partial charge in [0.15, 0.2) is 0 Å². The Labute approximate surface area is 60.5 Å². The summed E-state index contributed by atoms with van der Waals surface area (Å²) in [6.45, 7) is 0.933. The van der Waals surface area contributed by atoms with Crippen LogP contribution in [0.25, 0.3) is 0 Å². The topological polar surface area (TPSA) is 25.1 Å². The van der Waals surface area contributed by atoms with E-state index >= 15 is 0 Å². The van der Waals surface area contributed by atoms with Gasteiger partial charge in [0.1, 0.15) is 6.10 Å². The van der Waals surface area contributed by atoms with Crippen molar-refractivity contribution in [1.82, 2.24) is 0 Å². The standard InChI is InChI=1S/C8H11O2/c1-2-6-7(10-6)3-5(1)8-4-9-8/h5-7H,1-4H2. The van der Waals surface area contributed by atoms with Crippen molar-refractivity contribution < 1.29 is 9.47 Å². The van der Waals surface area contributed by atoms with Gasteiger partial charge in [0, 0.05) is 0 Å². The van der Waals surface area contributed by atoms with Gasteiger partial charge >= 0.3 is 0 Å². The van der Waals surface area contributed by atoms with E-state index in [4.69, 9.17) is 9.47 Å². The van der Waals surface area contributed by atoms with Crippen LogP contribution in [0.5, 0.6) is 0 Å². The predicted molar refractivity (Wildman–Crippen MR) is 35.2 cm³/mol. The van der Waals surface area contributed by atoms with Crippen LogP contribution in [0.1, 0.15) is 19.3 Å². The van der Waals surface area contributed by atoms with Crippen molar-refractivity contribution in [2.24, 2.45) is 5.92 Å². The Hall–Kier alpha value is -0.0800. The molecule has 0 aromatic heterocycles. The molecule has 1 aliphatic carbocycles. The van der Waals surface area contributed by atoms with E-state index in [0.29, 0.717) is 12.2 Å². The fourth-order valence-electron chi connectivity index (χ4n) is 1.97. The molecule has 0 N–H and O–H groups in total. The summed E-state index contributed by atoms with van der Waals surface area (Å²) in [5.74, 6) is 0.753. The van der Waals surface area contributed by atoms with Crippen molar-refractivity contribution in [3.8, 4) is 0 Å². The van der Waals surface area contributed by atoms with E-state index in [1.165, 1.54) is 25.4 Å². The molecule has 2 nitrogen and oxygen atoms in total. The Morgan fingerprint density at radius 3 is 2.80 bits per heavy atom. The first kappa shape index (κ1) is 5.56. The average molecular weight is 139 g/mol. The van der Waals surface area contributed by atoms with Gasteiger partial charge in [0.05, 0.1) is 18.8 Å². The summed E-state index contributed by atoms with van der Waals surface area (Å²) < 4.78 is 10.6. The Morgan fingerprint density at radius 2 is 2.10 bits per heavy atom. The summed E-state index contributed by atoms with van der Waals surface area (Å²) in [5.41, 5.74) is 0. The molecule has 10 heavy (non-hydrogen) atoms. The highest BCUT2D eigenvalue weighted by molar-refractivity contribution is 5.05. The second-order valence-corrected chi connectivity index (χ2v) is 3.48. The van der Waals surface area contributed by atoms with Crippen molar-refractivity contribution in [2.45, 2.75) is 31.5 Å². The molecule has 3 unspecified atom stereocenters. The van der Waals surface area contributed by atoms with Crippen molar-refractivity contribution in [3.05, 3.63) is 6.10 Å². The number of ether oxygens (including phenoxy) is 2. The zero-order valence-corrected chi connectivity index (χ0v) is 5.88. The largest absolute Gasteiger partial charge is 0.370 e. The third-order valence-electron chi connectivity index (χ3n) is 2.77. The summed E-state index contributed by atoms with van der Waals surface area (Å²) in [4.78, 5) is 0. The molecule has 0 bridgehead atoms. The van der Waals surface area contributed by atoms with E-state index in [9.17, 15) is 0 Å². The van der Waals surface area contributed by atoms with E-state index in [-0.39, 0.29) is 0 Å². The van der Waals surface area contributed by atoms with E-state index in [1.54, 1.807) is 0 Å². The summed E-state index contributed by atoms with van der Waals surface area (Å²) in [6, 6.07) is 0. The number of rotatable bonds is 1. The first-order valence-electron chi connectivity index (χ1n) is 4.07. The van der Waals surface area contributed by atoms with Crippen LogP contribution in [-0.4, -0.2) is 18.8 Å². The van der Waals surface area contributed by atoms with Crippen LogP contribution in [0.2, 0.25) is 0 Å². The molecule has 1 radical (unpaired) electrons. The normalized spacial score (nSPS) is 52.2. The summed E-state index contributed by atoms with van der Waals surface area (Å²) >= 11 is 0. The molecule has 3 atom stereocenters. The molecule has 55 valence electrons. The monoisotopic (exact) mass is 139 g/mol. The highest BCUT2D eigenvalue weighted by atomic mass is 16.6. The SMILES string of the molecule is C1O[C]1C1CCC2OC2C1. The first-order chi connectivity index (χ1) is 4.93. The fraction of sp³-hybridized carbons (Fsp3) is 0.875. The highest BCUT2D eigenvalue weighted by Crippen LogP contribution is 2.46. The maximum Gasteiger partial charge on any atom is 0.126 e. The van der Waals surface area contributed by atoms with E-state index in [2.05, 4.69) is 0 Å². The lowest BCUT2D eigenvalue weighted by atomic mass is 9.87. The van der Waals surface area contributed by atoms with Gasteiger partial charge in [0.25, 0.3) is 0 Å². The van der Waals surface area contributed by atoms with Crippen LogP contribution in [0.3, 0.4) is 0 Å². The second-order valence-electron chi connectivity index (χ2n) is 3.48. The van der Waals surface area contributed by atoms with Gasteiger partial charge in [-0.1, -0.05) is 0 Å². The fourth-order valence-corrected chi connectivity index (χ4v) is 1.97. The van der Waals surface area contributed by atoms with Crippen LogP contribution in [-0.2, 0) is 9.47 Å². The minimum Gasteiger partial charge on any atom is -0.370 e. The lowest BCUT2D eigenvalue weighted by molar-refractivity contribution is 0.339. The molecule has 3 aliphatic rings. The molecule has 0 spiro atoms. The molecule has 2 aliphatic heterocycles. The van der Waals surface area contributed by atoms with Crippen LogP contribution >= 0.6 is 0 Å². The van der Waals surface area contributed by atoms with E-state index < -0.39 is 0 Å². The zero-order chi connectivity index (χ0) is 6.55. The Kier molecular flexibility index (Phi) is 0.968. The molecule has 0 aromatic rings. The van der Waals surface area contributed by atoms with Crippen molar-refractivity contribution in [2.75, 3.05) is 6.61 Å². The van der Waals surface area contributed by atoms with Crippen LogP contribution < -0.4 is 0 Å². The van der Waals surface area contributed by atoms with E-state index in [1.807, 2.05) is 0 Å². The third-order valence-corrected chi connectivity index (χ3v) is 2.77. The molecule has 0 aromatic carbocycles. The molecule has 2 heterocycles. The molecule has 1 saturated carbocycles. The minimum absolute atomic E-state index is 0.607. The molecular formula is C8H11O2. The molecule has 2 heteroatoms. The van der Waals surface area contributed by atoms with Crippen LogP contribution in [0.15, 0.2) is 0 Å². The zero-order valence-electron chi connectivity index (χ0n) is 5.88. The van der Waals surface area contributed by atoms with Gasteiger partial charge in [-0.2, -0.15) is 0 Å². The average Bonchev–Trinajstić information content (AvgIpc) is 2.83. The van der Waals surface area contributed by atoms with Gasteiger partial charge in [-0.05, 0) is 25.2 Å². The van der Waals surface area contributed by atoms with Crippen molar-refractivity contribution >= 4 is 0 Å². The number of epoxide rings is 2.